The topological polar surface area (TPSA) is 29.3 Å². The van der Waals surface area contributed by atoms with Crippen molar-refractivity contribution in [3.8, 4) is 0 Å². The number of rotatable bonds is 4. The van der Waals surface area contributed by atoms with Crippen LogP contribution in [0.2, 0.25) is 0 Å². The predicted molar refractivity (Wildman–Crippen MR) is 80.6 cm³/mol. The fourth-order valence-electron chi connectivity index (χ4n) is 3.49. The largest absolute Gasteiger partial charge is 0.308 e. The molecule has 2 aromatic rings. The van der Waals surface area contributed by atoms with Crippen molar-refractivity contribution in [3.05, 3.63) is 23.0 Å². The van der Waals surface area contributed by atoms with Crippen molar-refractivity contribution in [2.24, 2.45) is 11.8 Å². The van der Waals surface area contributed by atoms with Crippen LogP contribution < -0.4 is 5.32 Å². The molecule has 3 rings (SSSR count). The van der Waals surface area contributed by atoms with Crippen LogP contribution in [0.1, 0.15) is 44.5 Å². The summed E-state index contributed by atoms with van der Waals surface area (Å²) in [5, 5.41) is 5.87. The molecule has 2 aromatic heterocycles. The van der Waals surface area contributed by atoms with Crippen molar-refractivity contribution in [2.75, 3.05) is 0 Å². The molecule has 1 aliphatic carbocycles. The van der Waals surface area contributed by atoms with Gasteiger partial charge in [0.2, 0.25) is 0 Å². The molecule has 19 heavy (non-hydrogen) atoms. The van der Waals surface area contributed by atoms with Gasteiger partial charge in [0.15, 0.2) is 4.96 Å². The molecule has 4 heteroatoms. The van der Waals surface area contributed by atoms with E-state index in [2.05, 4.69) is 47.0 Å². The highest BCUT2D eigenvalue weighted by Crippen LogP contribution is 2.34. The number of aromatic nitrogens is 2. The van der Waals surface area contributed by atoms with Crippen molar-refractivity contribution in [3.63, 3.8) is 0 Å². The van der Waals surface area contributed by atoms with E-state index < -0.39 is 0 Å². The zero-order valence-electron chi connectivity index (χ0n) is 12.0. The average Bonchev–Trinajstić information content (AvgIpc) is 3.04. The molecule has 3 atom stereocenters. The summed E-state index contributed by atoms with van der Waals surface area (Å²) in [5.74, 6) is 1.71. The number of imidazole rings is 1. The summed E-state index contributed by atoms with van der Waals surface area (Å²) in [4.78, 5) is 5.72. The molecule has 3 nitrogen and oxygen atoms in total. The molecule has 2 heterocycles. The molecule has 3 unspecified atom stereocenters. The molecule has 1 aliphatic rings. The maximum absolute atomic E-state index is 4.61. The van der Waals surface area contributed by atoms with Gasteiger partial charge in [0.25, 0.3) is 0 Å². The highest BCUT2D eigenvalue weighted by Gasteiger charge is 2.31. The number of hydrogen-bond donors (Lipinski definition) is 1. The van der Waals surface area contributed by atoms with Gasteiger partial charge in [-0.15, -0.1) is 11.3 Å². The third-order valence-corrected chi connectivity index (χ3v) is 5.60. The van der Waals surface area contributed by atoms with Crippen molar-refractivity contribution >= 4 is 16.3 Å². The third-order valence-electron chi connectivity index (χ3n) is 4.84. The van der Waals surface area contributed by atoms with Crippen molar-refractivity contribution in [1.29, 1.82) is 0 Å². The fraction of sp³-hybridized carbons (Fsp3) is 0.667. The molecule has 1 N–H and O–H groups in total. The van der Waals surface area contributed by atoms with E-state index in [0.29, 0.717) is 6.04 Å². The van der Waals surface area contributed by atoms with Gasteiger partial charge in [0.1, 0.15) is 0 Å². The van der Waals surface area contributed by atoms with E-state index in [0.717, 1.165) is 29.0 Å². The minimum Gasteiger partial charge on any atom is -0.308 e. The lowest BCUT2D eigenvalue weighted by molar-refractivity contribution is 0.343. The zero-order valence-corrected chi connectivity index (χ0v) is 12.8. The van der Waals surface area contributed by atoms with Gasteiger partial charge in [0.05, 0.1) is 11.4 Å². The maximum Gasteiger partial charge on any atom is 0.194 e. The Kier molecular flexibility index (Phi) is 3.63. The molecule has 0 aliphatic heterocycles. The first kappa shape index (κ1) is 13.1. The summed E-state index contributed by atoms with van der Waals surface area (Å²) < 4.78 is 2.23. The van der Waals surface area contributed by atoms with Gasteiger partial charge in [0, 0.05) is 24.2 Å². The van der Waals surface area contributed by atoms with Crippen LogP contribution in [-0.4, -0.2) is 15.4 Å². The summed E-state index contributed by atoms with van der Waals surface area (Å²) in [7, 11) is 0. The molecule has 1 fully saturated rings. The Morgan fingerprint density at radius 3 is 3.05 bits per heavy atom. The number of nitrogens with zero attached hydrogens (tertiary/aromatic N) is 2. The van der Waals surface area contributed by atoms with Gasteiger partial charge in [-0.1, -0.05) is 20.3 Å². The highest BCUT2D eigenvalue weighted by atomic mass is 32.1. The second-order valence-corrected chi connectivity index (χ2v) is 6.66. The van der Waals surface area contributed by atoms with Crippen molar-refractivity contribution < 1.29 is 0 Å². The minimum absolute atomic E-state index is 0.675. The molecule has 0 aromatic carbocycles. The third kappa shape index (κ3) is 2.32. The van der Waals surface area contributed by atoms with Gasteiger partial charge in [-0.2, -0.15) is 0 Å². The second kappa shape index (κ2) is 5.25. The van der Waals surface area contributed by atoms with Crippen LogP contribution in [0.4, 0.5) is 0 Å². The summed E-state index contributed by atoms with van der Waals surface area (Å²) in [6, 6.07) is 0.675. The van der Waals surface area contributed by atoms with Gasteiger partial charge >= 0.3 is 0 Å². The Labute approximate surface area is 119 Å². The lowest BCUT2D eigenvalue weighted by Gasteiger charge is -2.21. The quantitative estimate of drug-likeness (QED) is 0.925. The predicted octanol–water partition coefficient (Wildman–Crippen LogP) is 3.62. The summed E-state index contributed by atoms with van der Waals surface area (Å²) in [6.07, 6.45) is 6.16. The zero-order chi connectivity index (χ0) is 13.4. The van der Waals surface area contributed by atoms with Gasteiger partial charge in [-0.05, 0) is 31.6 Å². The summed E-state index contributed by atoms with van der Waals surface area (Å²) in [6.45, 7) is 7.78. The molecular weight excluding hydrogens is 254 g/mol. The minimum atomic E-state index is 0.675. The number of fused-ring (bicyclic) bond motifs is 1. The number of thiazole rings is 1. The van der Waals surface area contributed by atoms with Crippen molar-refractivity contribution in [1.82, 2.24) is 14.7 Å². The Morgan fingerprint density at radius 2 is 2.32 bits per heavy atom. The standard InChI is InChI=1S/C15H23N3S/c1-4-12-5-6-13(10(12)2)16-9-14-11(3)17-15-18(14)7-8-19-15/h7-8,10,12-13,16H,4-6,9H2,1-3H3. The van der Waals surface area contributed by atoms with Crippen LogP contribution >= 0.6 is 11.3 Å². The van der Waals surface area contributed by atoms with Crippen LogP contribution in [0.3, 0.4) is 0 Å². The van der Waals surface area contributed by atoms with Crippen molar-refractivity contribution in [2.45, 2.75) is 52.6 Å². The van der Waals surface area contributed by atoms with Gasteiger partial charge < -0.3 is 5.32 Å². The van der Waals surface area contributed by atoms with E-state index >= 15 is 0 Å². The molecule has 0 saturated heterocycles. The first-order valence-corrected chi connectivity index (χ1v) is 8.23. The Balaban J connectivity index is 1.69. The highest BCUT2D eigenvalue weighted by molar-refractivity contribution is 7.15. The number of aryl methyl sites for hydroxylation is 1. The molecule has 0 radical (unpaired) electrons. The number of nitrogens with one attached hydrogen (secondary N) is 1. The monoisotopic (exact) mass is 277 g/mol. The van der Waals surface area contributed by atoms with Crippen LogP contribution in [0.15, 0.2) is 11.6 Å². The van der Waals surface area contributed by atoms with E-state index in [1.165, 1.54) is 25.0 Å². The molecule has 0 bridgehead atoms. The molecular formula is C15H23N3S. The van der Waals surface area contributed by atoms with Crippen LogP contribution in [0, 0.1) is 18.8 Å². The normalized spacial score (nSPS) is 27.4. The Morgan fingerprint density at radius 1 is 1.47 bits per heavy atom. The van der Waals surface area contributed by atoms with E-state index in [4.69, 9.17) is 0 Å². The lowest BCUT2D eigenvalue weighted by atomic mass is 9.93. The summed E-state index contributed by atoms with van der Waals surface area (Å²) >= 11 is 1.71. The molecule has 1 saturated carbocycles. The van der Waals surface area contributed by atoms with E-state index in [1.807, 2.05) is 0 Å². The first-order valence-electron chi connectivity index (χ1n) is 7.35. The smallest absolute Gasteiger partial charge is 0.194 e. The summed E-state index contributed by atoms with van der Waals surface area (Å²) in [5.41, 5.74) is 2.49. The van der Waals surface area contributed by atoms with Gasteiger partial charge in [-0.25, -0.2) is 4.98 Å². The second-order valence-electron chi connectivity index (χ2n) is 5.79. The lowest BCUT2D eigenvalue weighted by Crippen LogP contribution is -2.32. The van der Waals surface area contributed by atoms with Crippen LogP contribution in [-0.2, 0) is 6.54 Å². The van der Waals surface area contributed by atoms with Crippen LogP contribution in [0.5, 0.6) is 0 Å². The Hall–Kier alpha value is -0.870. The van der Waals surface area contributed by atoms with E-state index in [-0.39, 0.29) is 0 Å². The van der Waals surface area contributed by atoms with Crippen LogP contribution in [0.25, 0.3) is 4.96 Å². The molecule has 0 amide bonds. The van der Waals surface area contributed by atoms with Gasteiger partial charge in [-0.3, -0.25) is 4.40 Å². The first-order chi connectivity index (χ1) is 9.20. The SMILES string of the molecule is CCC1CCC(NCc2c(C)nc3sccn23)C1C. The average molecular weight is 277 g/mol. The number of hydrogen-bond acceptors (Lipinski definition) is 3. The molecule has 104 valence electrons. The molecule has 0 spiro atoms. The Bertz CT molecular complexity index is 557. The van der Waals surface area contributed by atoms with E-state index in [1.54, 1.807) is 11.3 Å². The fourth-order valence-corrected chi connectivity index (χ4v) is 4.27. The van der Waals surface area contributed by atoms with E-state index in [9.17, 15) is 0 Å². The maximum atomic E-state index is 4.61.